The van der Waals surface area contributed by atoms with Gasteiger partial charge in [0.25, 0.3) is 0 Å². The molecule has 1 aromatic carbocycles. The van der Waals surface area contributed by atoms with E-state index < -0.39 is 5.97 Å². The highest BCUT2D eigenvalue weighted by atomic mass is 16.4. The SMILES string of the molecule is CCC(c1ccccc1)n1c(C)cc(C(=O)O)c1C. The summed E-state index contributed by atoms with van der Waals surface area (Å²) >= 11 is 0. The van der Waals surface area contributed by atoms with Crippen LogP contribution in [0.25, 0.3) is 0 Å². The van der Waals surface area contributed by atoms with E-state index in [2.05, 4.69) is 23.6 Å². The van der Waals surface area contributed by atoms with Gasteiger partial charge in [-0.3, -0.25) is 0 Å². The number of aryl methyl sites for hydroxylation is 1. The first-order valence-electron chi connectivity index (χ1n) is 6.53. The van der Waals surface area contributed by atoms with Crippen LogP contribution in [-0.2, 0) is 0 Å². The van der Waals surface area contributed by atoms with Crippen molar-refractivity contribution in [3.05, 3.63) is 58.9 Å². The second kappa shape index (κ2) is 5.31. The fraction of sp³-hybridized carbons (Fsp3) is 0.312. The van der Waals surface area contributed by atoms with Crippen LogP contribution in [0.15, 0.2) is 36.4 Å². The molecule has 0 aliphatic carbocycles. The lowest BCUT2D eigenvalue weighted by molar-refractivity contribution is 0.0696. The third-order valence-electron chi connectivity index (χ3n) is 3.60. The van der Waals surface area contributed by atoms with Gasteiger partial charge in [-0.05, 0) is 31.9 Å². The maximum atomic E-state index is 11.2. The second-order valence-corrected chi connectivity index (χ2v) is 4.79. The predicted molar refractivity (Wildman–Crippen MR) is 75.7 cm³/mol. The third kappa shape index (κ3) is 2.41. The standard InChI is InChI=1S/C16H19NO2/c1-4-15(13-8-6-5-7-9-13)17-11(2)10-14(12(17)3)16(18)19/h5-10,15H,4H2,1-3H3,(H,18,19). The Kier molecular flexibility index (Phi) is 3.74. The van der Waals surface area contributed by atoms with Gasteiger partial charge in [0, 0.05) is 11.4 Å². The van der Waals surface area contributed by atoms with E-state index in [0.717, 1.165) is 17.8 Å². The van der Waals surface area contributed by atoms with Crippen LogP contribution in [0.1, 0.15) is 46.7 Å². The number of rotatable bonds is 4. The molecule has 2 rings (SSSR count). The summed E-state index contributed by atoms with van der Waals surface area (Å²) in [6, 6.07) is 12.2. The van der Waals surface area contributed by atoms with Crippen molar-refractivity contribution < 1.29 is 9.90 Å². The van der Waals surface area contributed by atoms with Gasteiger partial charge in [-0.15, -0.1) is 0 Å². The maximum Gasteiger partial charge on any atom is 0.337 e. The molecule has 19 heavy (non-hydrogen) atoms. The number of aromatic carboxylic acids is 1. The zero-order valence-corrected chi connectivity index (χ0v) is 11.6. The topological polar surface area (TPSA) is 42.2 Å². The Balaban J connectivity index is 2.54. The first-order chi connectivity index (χ1) is 9.06. The van der Waals surface area contributed by atoms with E-state index in [-0.39, 0.29) is 6.04 Å². The Labute approximate surface area is 113 Å². The molecular weight excluding hydrogens is 238 g/mol. The van der Waals surface area contributed by atoms with Gasteiger partial charge in [0.05, 0.1) is 11.6 Å². The number of hydrogen-bond donors (Lipinski definition) is 1. The van der Waals surface area contributed by atoms with E-state index in [0.29, 0.717) is 5.56 Å². The number of benzene rings is 1. The number of hydrogen-bond acceptors (Lipinski definition) is 1. The number of carboxylic acid groups (broad SMARTS) is 1. The quantitative estimate of drug-likeness (QED) is 0.905. The van der Waals surface area contributed by atoms with Gasteiger partial charge in [-0.1, -0.05) is 37.3 Å². The molecule has 0 amide bonds. The van der Waals surface area contributed by atoms with Crippen LogP contribution in [0.2, 0.25) is 0 Å². The zero-order valence-electron chi connectivity index (χ0n) is 11.6. The number of carboxylic acids is 1. The molecule has 0 aliphatic heterocycles. The van der Waals surface area contributed by atoms with Gasteiger partial charge < -0.3 is 9.67 Å². The van der Waals surface area contributed by atoms with Crippen molar-refractivity contribution in [1.29, 1.82) is 0 Å². The van der Waals surface area contributed by atoms with E-state index in [1.807, 2.05) is 32.0 Å². The molecule has 0 fully saturated rings. The Morgan fingerprint density at radius 2 is 1.89 bits per heavy atom. The molecule has 0 radical (unpaired) electrons. The van der Waals surface area contributed by atoms with Gasteiger partial charge in [0.2, 0.25) is 0 Å². The molecule has 0 bridgehead atoms. The fourth-order valence-corrected chi connectivity index (χ4v) is 2.72. The smallest absolute Gasteiger partial charge is 0.337 e. The molecule has 1 unspecified atom stereocenters. The molecule has 0 saturated heterocycles. The predicted octanol–water partition coefficient (Wildman–Crippen LogP) is 3.80. The van der Waals surface area contributed by atoms with Crippen LogP contribution >= 0.6 is 0 Å². The molecule has 0 saturated carbocycles. The van der Waals surface area contributed by atoms with E-state index >= 15 is 0 Å². The van der Waals surface area contributed by atoms with Crippen LogP contribution in [-0.4, -0.2) is 15.6 Å². The summed E-state index contributed by atoms with van der Waals surface area (Å²) in [4.78, 5) is 11.2. The summed E-state index contributed by atoms with van der Waals surface area (Å²) in [5.41, 5.74) is 3.42. The average molecular weight is 257 g/mol. The molecule has 2 aromatic rings. The number of aromatic nitrogens is 1. The summed E-state index contributed by atoms with van der Waals surface area (Å²) in [6.45, 7) is 5.96. The van der Waals surface area contributed by atoms with Crippen LogP contribution in [0, 0.1) is 13.8 Å². The van der Waals surface area contributed by atoms with Gasteiger partial charge in [-0.2, -0.15) is 0 Å². The van der Waals surface area contributed by atoms with Crippen LogP contribution in [0.5, 0.6) is 0 Å². The van der Waals surface area contributed by atoms with Crippen molar-refractivity contribution in [2.24, 2.45) is 0 Å². The normalized spacial score (nSPS) is 12.4. The average Bonchev–Trinajstić information content (AvgIpc) is 2.69. The van der Waals surface area contributed by atoms with Gasteiger partial charge in [0.15, 0.2) is 0 Å². The van der Waals surface area contributed by atoms with E-state index in [1.165, 1.54) is 5.56 Å². The molecule has 0 spiro atoms. The third-order valence-corrected chi connectivity index (χ3v) is 3.60. The Hall–Kier alpha value is -2.03. The molecule has 1 heterocycles. The highest BCUT2D eigenvalue weighted by Gasteiger charge is 2.20. The summed E-state index contributed by atoms with van der Waals surface area (Å²) in [5.74, 6) is -0.859. The fourth-order valence-electron chi connectivity index (χ4n) is 2.72. The molecule has 100 valence electrons. The molecule has 3 heteroatoms. The highest BCUT2D eigenvalue weighted by Crippen LogP contribution is 2.28. The summed E-state index contributed by atoms with van der Waals surface area (Å²) in [7, 11) is 0. The maximum absolute atomic E-state index is 11.2. The molecule has 1 N–H and O–H groups in total. The van der Waals surface area contributed by atoms with Crippen molar-refractivity contribution in [1.82, 2.24) is 4.57 Å². The monoisotopic (exact) mass is 257 g/mol. The molecule has 3 nitrogen and oxygen atoms in total. The molecule has 1 atom stereocenters. The van der Waals surface area contributed by atoms with Gasteiger partial charge in [0.1, 0.15) is 0 Å². The summed E-state index contributed by atoms with van der Waals surface area (Å²) in [6.07, 6.45) is 0.930. The van der Waals surface area contributed by atoms with Crippen molar-refractivity contribution in [3.63, 3.8) is 0 Å². The van der Waals surface area contributed by atoms with E-state index in [4.69, 9.17) is 0 Å². The second-order valence-electron chi connectivity index (χ2n) is 4.79. The lowest BCUT2D eigenvalue weighted by atomic mass is 10.0. The summed E-state index contributed by atoms with van der Waals surface area (Å²) in [5, 5.41) is 9.22. The lowest BCUT2D eigenvalue weighted by Gasteiger charge is -2.22. The van der Waals surface area contributed by atoms with Gasteiger partial charge in [-0.25, -0.2) is 4.79 Å². The lowest BCUT2D eigenvalue weighted by Crippen LogP contribution is -2.13. The Bertz CT molecular complexity index is 584. The minimum atomic E-state index is -0.859. The van der Waals surface area contributed by atoms with Gasteiger partial charge >= 0.3 is 5.97 Å². The van der Waals surface area contributed by atoms with Crippen molar-refractivity contribution in [3.8, 4) is 0 Å². The number of carbonyl (C=O) groups is 1. The van der Waals surface area contributed by atoms with Crippen LogP contribution < -0.4 is 0 Å². The van der Waals surface area contributed by atoms with Crippen molar-refractivity contribution in [2.45, 2.75) is 33.2 Å². The number of nitrogens with zero attached hydrogens (tertiary/aromatic N) is 1. The largest absolute Gasteiger partial charge is 0.478 e. The summed E-state index contributed by atoms with van der Waals surface area (Å²) < 4.78 is 2.12. The minimum absolute atomic E-state index is 0.189. The minimum Gasteiger partial charge on any atom is -0.478 e. The molecule has 1 aromatic heterocycles. The molecule has 0 aliphatic rings. The Morgan fingerprint density at radius 3 is 2.37 bits per heavy atom. The van der Waals surface area contributed by atoms with Crippen molar-refractivity contribution >= 4 is 5.97 Å². The van der Waals surface area contributed by atoms with Crippen LogP contribution in [0.4, 0.5) is 0 Å². The van der Waals surface area contributed by atoms with Crippen LogP contribution in [0.3, 0.4) is 0 Å². The first-order valence-corrected chi connectivity index (χ1v) is 6.53. The zero-order chi connectivity index (χ0) is 14.0. The van der Waals surface area contributed by atoms with E-state index in [1.54, 1.807) is 6.07 Å². The Morgan fingerprint density at radius 1 is 1.26 bits per heavy atom. The molecular formula is C16H19NO2. The van der Waals surface area contributed by atoms with Crippen molar-refractivity contribution in [2.75, 3.05) is 0 Å². The van der Waals surface area contributed by atoms with E-state index in [9.17, 15) is 9.90 Å². The first kappa shape index (κ1) is 13.4. The highest BCUT2D eigenvalue weighted by molar-refractivity contribution is 5.89.